The summed E-state index contributed by atoms with van der Waals surface area (Å²) in [4.78, 5) is 11.1. The minimum Gasteiger partial charge on any atom is -0.461 e. The number of benzene rings is 1. The molecule has 3 heteroatoms. The lowest BCUT2D eigenvalue weighted by molar-refractivity contribution is -0.116. The third kappa shape index (κ3) is 2.38. The molecule has 0 bridgehead atoms. The summed E-state index contributed by atoms with van der Waals surface area (Å²) < 4.78 is 5.65. The van der Waals surface area contributed by atoms with Crippen molar-refractivity contribution >= 4 is 16.9 Å². The second kappa shape index (κ2) is 4.87. The highest BCUT2D eigenvalue weighted by Gasteiger charge is 2.08. The van der Waals surface area contributed by atoms with Gasteiger partial charge in [-0.05, 0) is 25.5 Å². The Morgan fingerprint density at radius 1 is 1.41 bits per heavy atom. The molecule has 0 aliphatic carbocycles. The van der Waals surface area contributed by atoms with Crippen LogP contribution in [0.5, 0.6) is 0 Å². The van der Waals surface area contributed by atoms with Gasteiger partial charge in [0.05, 0.1) is 0 Å². The van der Waals surface area contributed by atoms with Crippen LogP contribution in [0.15, 0.2) is 40.8 Å². The minimum absolute atomic E-state index is 0.0875. The number of para-hydroxylation sites is 1. The molecule has 1 N–H and O–H groups in total. The SMILES string of the molecule is CNC(=O)C=CCc1c(C)oc2ccccc12. The van der Waals surface area contributed by atoms with Crippen molar-refractivity contribution < 1.29 is 9.21 Å². The Bertz CT molecular complexity index is 567. The number of hydrogen-bond donors (Lipinski definition) is 1. The normalized spacial score (nSPS) is 11.2. The molecule has 3 nitrogen and oxygen atoms in total. The fourth-order valence-electron chi connectivity index (χ4n) is 1.84. The van der Waals surface area contributed by atoms with Gasteiger partial charge in [0, 0.05) is 18.0 Å². The fraction of sp³-hybridized carbons (Fsp3) is 0.214. The summed E-state index contributed by atoms with van der Waals surface area (Å²) in [5.74, 6) is 0.822. The molecule has 88 valence electrons. The summed E-state index contributed by atoms with van der Waals surface area (Å²) in [6.07, 6.45) is 4.10. The molecule has 1 amide bonds. The van der Waals surface area contributed by atoms with Gasteiger partial charge in [0.15, 0.2) is 0 Å². The van der Waals surface area contributed by atoms with E-state index in [0.29, 0.717) is 6.42 Å². The predicted molar refractivity (Wildman–Crippen MR) is 67.9 cm³/mol. The number of furan rings is 1. The van der Waals surface area contributed by atoms with Crippen LogP contribution in [0.25, 0.3) is 11.0 Å². The number of carbonyl (C=O) groups is 1. The fourth-order valence-corrected chi connectivity index (χ4v) is 1.84. The number of rotatable bonds is 3. The number of allylic oxidation sites excluding steroid dienone is 1. The topological polar surface area (TPSA) is 42.2 Å². The van der Waals surface area contributed by atoms with Gasteiger partial charge in [-0.2, -0.15) is 0 Å². The van der Waals surface area contributed by atoms with Crippen molar-refractivity contribution in [2.24, 2.45) is 0 Å². The summed E-state index contributed by atoms with van der Waals surface area (Å²) in [5.41, 5.74) is 2.04. The highest BCUT2D eigenvalue weighted by atomic mass is 16.3. The molecule has 0 spiro atoms. The summed E-state index contributed by atoms with van der Waals surface area (Å²) in [6.45, 7) is 1.95. The third-order valence-corrected chi connectivity index (χ3v) is 2.74. The number of fused-ring (bicyclic) bond motifs is 1. The molecule has 0 radical (unpaired) electrons. The molecule has 2 aromatic rings. The molecule has 17 heavy (non-hydrogen) atoms. The van der Waals surface area contributed by atoms with E-state index in [1.54, 1.807) is 13.1 Å². The lowest BCUT2D eigenvalue weighted by Gasteiger charge is -1.94. The second-order valence-corrected chi connectivity index (χ2v) is 3.85. The van der Waals surface area contributed by atoms with Crippen LogP contribution in [-0.4, -0.2) is 13.0 Å². The van der Waals surface area contributed by atoms with E-state index >= 15 is 0 Å². The van der Waals surface area contributed by atoms with Crippen LogP contribution in [0.3, 0.4) is 0 Å². The quantitative estimate of drug-likeness (QED) is 0.822. The zero-order chi connectivity index (χ0) is 12.3. The zero-order valence-electron chi connectivity index (χ0n) is 9.99. The van der Waals surface area contributed by atoms with E-state index in [2.05, 4.69) is 5.32 Å². The minimum atomic E-state index is -0.0875. The van der Waals surface area contributed by atoms with Crippen molar-refractivity contribution in [3.05, 3.63) is 47.7 Å². The summed E-state index contributed by atoms with van der Waals surface area (Å²) in [7, 11) is 1.62. The van der Waals surface area contributed by atoms with Crippen LogP contribution in [0.2, 0.25) is 0 Å². The standard InChI is InChI=1S/C14H15NO2/c1-10-11(7-5-9-14(16)15-2)12-6-3-4-8-13(12)17-10/h3-6,8-9H,7H2,1-2H3,(H,15,16). The number of amides is 1. The van der Waals surface area contributed by atoms with E-state index in [-0.39, 0.29) is 5.91 Å². The average Bonchev–Trinajstić information content (AvgIpc) is 2.66. The Morgan fingerprint density at radius 3 is 2.94 bits per heavy atom. The first-order valence-corrected chi connectivity index (χ1v) is 5.57. The molecule has 1 aromatic heterocycles. The lowest BCUT2D eigenvalue weighted by atomic mass is 10.1. The van der Waals surface area contributed by atoms with Crippen LogP contribution >= 0.6 is 0 Å². The van der Waals surface area contributed by atoms with Gasteiger partial charge < -0.3 is 9.73 Å². The average molecular weight is 229 g/mol. The lowest BCUT2D eigenvalue weighted by Crippen LogP contribution is -2.14. The zero-order valence-corrected chi connectivity index (χ0v) is 9.99. The molecular formula is C14H15NO2. The number of nitrogens with one attached hydrogen (secondary N) is 1. The first kappa shape index (κ1) is 11.5. The maximum atomic E-state index is 11.1. The molecular weight excluding hydrogens is 214 g/mol. The van der Waals surface area contributed by atoms with Gasteiger partial charge in [0.2, 0.25) is 5.91 Å². The first-order valence-electron chi connectivity index (χ1n) is 5.57. The number of likely N-dealkylation sites (N-methyl/N-ethyl adjacent to an activating group) is 1. The second-order valence-electron chi connectivity index (χ2n) is 3.85. The number of hydrogen-bond acceptors (Lipinski definition) is 2. The summed E-state index contributed by atoms with van der Waals surface area (Å²) in [6, 6.07) is 7.93. The van der Waals surface area contributed by atoms with Crippen LogP contribution in [0.4, 0.5) is 0 Å². The van der Waals surface area contributed by atoms with Crippen LogP contribution in [-0.2, 0) is 11.2 Å². The predicted octanol–water partition coefficient (Wildman–Crippen LogP) is 2.59. The molecule has 1 aromatic carbocycles. The Morgan fingerprint density at radius 2 is 2.18 bits per heavy atom. The van der Waals surface area contributed by atoms with Crippen LogP contribution < -0.4 is 5.32 Å². The van der Waals surface area contributed by atoms with Gasteiger partial charge in [-0.25, -0.2) is 0 Å². The maximum Gasteiger partial charge on any atom is 0.243 e. The molecule has 1 heterocycles. The van der Waals surface area contributed by atoms with Gasteiger partial charge in [-0.3, -0.25) is 4.79 Å². The largest absolute Gasteiger partial charge is 0.461 e. The third-order valence-electron chi connectivity index (χ3n) is 2.74. The van der Waals surface area contributed by atoms with Gasteiger partial charge >= 0.3 is 0 Å². The highest BCUT2D eigenvalue weighted by Crippen LogP contribution is 2.25. The monoisotopic (exact) mass is 229 g/mol. The number of aryl methyl sites for hydroxylation is 1. The first-order chi connectivity index (χ1) is 8.22. The van der Waals surface area contributed by atoms with E-state index in [1.165, 1.54) is 0 Å². The highest BCUT2D eigenvalue weighted by molar-refractivity contribution is 5.87. The smallest absolute Gasteiger partial charge is 0.243 e. The van der Waals surface area contributed by atoms with E-state index < -0.39 is 0 Å². The van der Waals surface area contributed by atoms with Crippen LogP contribution in [0.1, 0.15) is 11.3 Å². The van der Waals surface area contributed by atoms with Gasteiger partial charge in [-0.15, -0.1) is 0 Å². The van der Waals surface area contributed by atoms with Crippen molar-refractivity contribution in [3.8, 4) is 0 Å². The van der Waals surface area contributed by atoms with Crippen molar-refractivity contribution in [2.45, 2.75) is 13.3 Å². The maximum absolute atomic E-state index is 11.1. The molecule has 0 unspecified atom stereocenters. The van der Waals surface area contributed by atoms with Crippen molar-refractivity contribution in [2.75, 3.05) is 7.05 Å². The van der Waals surface area contributed by atoms with Gasteiger partial charge in [-0.1, -0.05) is 24.3 Å². The van der Waals surface area contributed by atoms with E-state index in [1.807, 2.05) is 37.3 Å². The molecule has 0 fully saturated rings. The van der Waals surface area contributed by atoms with E-state index in [4.69, 9.17) is 4.42 Å². The Kier molecular flexibility index (Phi) is 3.28. The van der Waals surface area contributed by atoms with Crippen molar-refractivity contribution in [1.82, 2.24) is 5.32 Å². The summed E-state index contributed by atoms with van der Waals surface area (Å²) in [5, 5.41) is 3.66. The molecule has 0 aliphatic rings. The Balaban J connectivity index is 2.26. The van der Waals surface area contributed by atoms with E-state index in [9.17, 15) is 4.79 Å². The van der Waals surface area contributed by atoms with Crippen molar-refractivity contribution in [1.29, 1.82) is 0 Å². The van der Waals surface area contributed by atoms with Gasteiger partial charge in [0.25, 0.3) is 0 Å². The van der Waals surface area contributed by atoms with Crippen LogP contribution in [0, 0.1) is 6.92 Å². The van der Waals surface area contributed by atoms with E-state index in [0.717, 1.165) is 22.3 Å². The van der Waals surface area contributed by atoms with Crippen molar-refractivity contribution in [3.63, 3.8) is 0 Å². The summed E-state index contributed by atoms with van der Waals surface area (Å²) >= 11 is 0. The molecule has 0 saturated carbocycles. The molecule has 0 saturated heterocycles. The van der Waals surface area contributed by atoms with Gasteiger partial charge in [0.1, 0.15) is 11.3 Å². The molecule has 0 aliphatic heterocycles. The molecule has 2 rings (SSSR count). The Labute approximate surface area is 100 Å². The molecule has 0 atom stereocenters. The Hall–Kier alpha value is -2.03. The number of carbonyl (C=O) groups excluding carboxylic acids is 1.